The molecule has 4 aromatic rings. The third-order valence-corrected chi connectivity index (χ3v) is 6.85. The first kappa shape index (κ1) is 20.8. The maximum atomic E-state index is 14.3. The zero-order chi connectivity index (χ0) is 22.1. The van der Waals surface area contributed by atoms with E-state index in [9.17, 15) is 9.18 Å². The van der Waals surface area contributed by atoms with Gasteiger partial charge in [-0.1, -0.05) is 23.9 Å². The van der Waals surface area contributed by atoms with E-state index in [1.165, 1.54) is 29.2 Å². The average Bonchev–Trinajstić information content (AvgIpc) is 3.38. The Bertz CT molecular complexity index is 1250. The van der Waals surface area contributed by atoms with Gasteiger partial charge in [0.15, 0.2) is 16.1 Å². The van der Waals surface area contributed by atoms with Crippen molar-refractivity contribution in [2.75, 3.05) is 4.90 Å². The molecule has 1 fully saturated rings. The molecule has 10 heteroatoms. The Morgan fingerprint density at radius 1 is 1.22 bits per heavy atom. The van der Waals surface area contributed by atoms with Crippen molar-refractivity contribution < 1.29 is 9.18 Å². The van der Waals surface area contributed by atoms with Gasteiger partial charge in [-0.2, -0.15) is 0 Å². The fraction of sp³-hybridized carbons (Fsp3) is 0.227. The number of pyridine rings is 1. The predicted molar refractivity (Wildman–Crippen MR) is 122 cm³/mol. The number of thiazole rings is 1. The number of amides is 1. The first-order chi connectivity index (χ1) is 15.6. The lowest BCUT2D eigenvalue weighted by molar-refractivity contribution is -0.115. The number of benzene rings is 1. The van der Waals surface area contributed by atoms with Gasteiger partial charge >= 0.3 is 0 Å². The van der Waals surface area contributed by atoms with Crippen molar-refractivity contribution >= 4 is 39.8 Å². The van der Waals surface area contributed by atoms with Crippen LogP contribution in [0.4, 0.5) is 15.2 Å². The van der Waals surface area contributed by atoms with Gasteiger partial charge < -0.3 is 0 Å². The van der Waals surface area contributed by atoms with E-state index in [4.69, 9.17) is 0 Å². The number of nitrogens with zero attached hydrogens (tertiary/aromatic N) is 6. The third kappa shape index (κ3) is 4.15. The van der Waals surface area contributed by atoms with Crippen LogP contribution in [0.2, 0.25) is 0 Å². The first-order valence-electron chi connectivity index (χ1n) is 10.1. The molecule has 0 spiro atoms. The van der Waals surface area contributed by atoms with Crippen molar-refractivity contribution in [2.45, 2.75) is 36.7 Å². The summed E-state index contributed by atoms with van der Waals surface area (Å²) in [4.78, 5) is 22.2. The minimum Gasteiger partial charge on any atom is -0.299 e. The average molecular weight is 467 g/mol. The standard InChI is InChI=1S/C22H19FN6OS2/c1-14(30)28(19-5-3-2-4-18(19)23)21-25-16(12-31-21)13-32-22-27-26-20(29(22)17-6-7-17)15-8-10-24-11-9-15/h2-5,8-12,17H,6-7,13H2,1H3. The van der Waals surface area contributed by atoms with Crippen LogP contribution in [0.5, 0.6) is 0 Å². The number of carbonyl (C=O) groups excluding carboxylic acids is 1. The number of halogens is 1. The first-order valence-corrected chi connectivity index (χ1v) is 12.0. The second-order valence-electron chi connectivity index (χ2n) is 7.36. The number of aromatic nitrogens is 5. The van der Waals surface area contributed by atoms with Gasteiger partial charge in [0.05, 0.1) is 11.4 Å². The van der Waals surface area contributed by atoms with Crippen LogP contribution in [0.3, 0.4) is 0 Å². The van der Waals surface area contributed by atoms with Crippen molar-refractivity contribution in [1.29, 1.82) is 0 Å². The Morgan fingerprint density at radius 2 is 2.00 bits per heavy atom. The van der Waals surface area contributed by atoms with Crippen LogP contribution in [0.25, 0.3) is 11.4 Å². The maximum absolute atomic E-state index is 14.3. The van der Waals surface area contributed by atoms with Gasteiger partial charge in [-0.25, -0.2) is 9.37 Å². The van der Waals surface area contributed by atoms with Crippen molar-refractivity contribution in [3.05, 3.63) is 65.7 Å². The van der Waals surface area contributed by atoms with Crippen molar-refractivity contribution in [2.24, 2.45) is 0 Å². The van der Waals surface area contributed by atoms with E-state index in [2.05, 4.69) is 24.7 Å². The summed E-state index contributed by atoms with van der Waals surface area (Å²) >= 11 is 2.87. The second kappa shape index (κ2) is 8.79. The van der Waals surface area contributed by atoms with Gasteiger partial charge in [0, 0.05) is 42.1 Å². The molecule has 1 amide bonds. The summed E-state index contributed by atoms with van der Waals surface area (Å²) in [5, 5.41) is 12.0. The SMILES string of the molecule is CC(=O)N(c1nc(CSc2nnc(-c3ccncc3)n2C2CC2)cs1)c1ccccc1F. The molecular formula is C22H19FN6OS2. The molecule has 1 aliphatic carbocycles. The van der Waals surface area contributed by atoms with E-state index >= 15 is 0 Å². The lowest BCUT2D eigenvalue weighted by atomic mass is 10.2. The van der Waals surface area contributed by atoms with Gasteiger partial charge in [-0.05, 0) is 37.1 Å². The fourth-order valence-corrected chi connectivity index (χ4v) is 5.26. The normalized spacial score (nSPS) is 13.3. The molecule has 0 unspecified atom stereocenters. The van der Waals surface area contributed by atoms with Gasteiger partial charge in [-0.3, -0.25) is 19.2 Å². The molecule has 32 heavy (non-hydrogen) atoms. The molecule has 5 rings (SSSR count). The predicted octanol–water partition coefficient (Wildman–Crippen LogP) is 5.25. The number of para-hydroxylation sites is 1. The Balaban J connectivity index is 1.36. The van der Waals surface area contributed by atoms with E-state index < -0.39 is 5.82 Å². The van der Waals surface area contributed by atoms with Crippen LogP contribution in [0, 0.1) is 5.82 Å². The Hall–Kier alpha value is -3.11. The number of thioether (sulfide) groups is 1. The quantitative estimate of drug-likeness (QED) is 0.346. The van der Waals surface area contributed by atoms with Crippen LogP contribution in [0.1, 0.15) is 31.5 Å². The molecule has 3 heterocycles. The molecule has 0 N–H and O–H groups in total. The minimum atomic E-state index is -0.463. The summed E-state index contributed by atoms with van der Waals surface area (Å²) in [6.07, 6.45) is 5.73. The monoisotopic (exact) mass is 466 g/mol. The van der Waals surface area contributed by atoms with E-state index in [0.29, 0.717) is 16.9 Å². The highest BCUT2D eigenvalue weighted by atomic mass is 32.2. The Labute approximate surface area is 192 Å². The summed E-state index contributed by atoms with van der Waals surface area (Å²) < 4.78 is 16.5. The molecule has 0 radical (unpaired) electrons. The van der Waals surface area contributed by atoms with E-state index in [1.807, 2.05) is 17.5 Å². The lowest BCUT2D eigenvalue weighted by Gasteiger charge is -2.18. The minimum absolute atomic E-state index is 0.198. The zero-order valence-corrected chi connectivity index (χ0v) is 18.8. The van der Waals surface area contributed by atoms with Crippen LogP contribution in [-0.4, -0.2) is 30.6 Å². The highest BCUT2D eigenvalue weighted by Crippen LogP contribution is 2.41. The zero-order valence-electron chi connectivity index (χ0n) is 17.2. The topological polar surface area (TPSA) is 76.8 Å². The van der Waals surface area contributed by atoms with Gasteiger partial charge in [0.25, 0.3) is 0 Å². The summed E-state index contributed by atoms with van der Waals surface area (Å²) in [5.74, 6) is 0.661. The summed E-state index contributed by atoms with van der Waals surface area (Å²) in [6, 6.07) is 10.5. The summed E-state index contributed by atoms with van der Waals surface area (Å²) in [7, 11) is 0. The van der Waals surface area contributed by atoms with Crippen LogP contribution in [0.15, 0.2) is 59.3 Å². The molecule has 1 aromatic carbocycles. The maximum Gasteiger partial charge on any atom is 0.230 e. The third-order valence-electron chi connectivity index (χ3n) is 5.00. The number of carbonyl (C=O) groups is 1. The molecule has 0 aliphatic heterocycles. The van der Waals surface area contributed by atoms with E-state index in [0.717, 1.165) is 35.1 Å². The van der Waals surface area contributed by atoms with Gasteiger partial charge in [0.2, 0.25) is 5.91 Å². The summed E-state index contributed by atoms with van der Waals surface area (Å²) in [6.45, 7) is 1.40. The molecule has 1 aliphatic rings. The molecule has 0 bridgehead atoms. The molecule has 7 nitrogen and oxygen atoms in total. The van der Waals surface area contributed by atoms with Gasteiger partial charge in [0.1, 0.15) is 5.82 Å². The number of anilines is 2. The highest BCUT2D eigenvalue weighted by molar-refractivity contribution is 7.98. The largest absolute Gasteiger partial charge is 0.299 e. The van der Waals surface area contributed by atoms with Crippen LogP contribution >= 0.6 is 23.1 Å². The number of rotatable bonds is 7. The smallest absolute Gasteiger partial charge is 0.230 e. The van der Waals surface area contributed by atoms with Crippen LogP contribution in [-0.2, 0) is 10.5 Å². The molecule has 0 atom stereocenters. The van der Waals surface area contributed by atoms with Crippen molar-refractivity contribution in [3.63, 3.8) is 0 Å². The molecule has 1 saturated carbocycles. The van der Waals surface area contributed by atoms with Crippen molar-refractivity contribution in [1.82, 2.24) is 24.7 Å². The molecule has 3 aromatic heterocycles. The van der Waals surface area contributed by atoms with E-state index in [1.54, 1.807) is 42.4 Å². The second-order valence-corrected chi connectivity index (χ2v) is 9.14. The van der Waals surface area contributed by atoms with Crippen molar-refractivity contribution in [3.8, 4) is 11.4 Å². The van der Waals surface area contributed by atoms with Crippen LogP contribution < -0.4 is 4.90 Å². The Morgan fingerprint density at radius 3 is 2.72 bits per heavy atom. The number of hydrogen-bond acceptors (Lipinski definition) is 7. The lowest BCUT2D eigenvalue weighted by Crippen LogP contribution is -2.23. The van der Waals surface area contributed by atoms with Gasteiger partial charge in [-0.15, -0.1) is 21.5 Å². The Kier molecular flexibility index (Phi) is 5.71. The highest BCUT2D eigenvalue weighted by Gasteiger charge is 2.30. The fourth-order valence-electron chi connectivity index (χ4n) is 3.38. The molecular weight excluding hydrogens is 447 g/mol. The molecule has 0 saturated heterocycles. The number of hydrogen-bond donors (Lipinski definition) is 0. The summed E-state index contributed by atoms with van der Waals surface area (Å²) in [5.41, 5.74) is 1.99. The van der Waals surface area contributed by atoms with E-state index in [-0.39, 0.29) is 11.6 Å². The molecule has 162 valence electrons.